The Bertz CT molecular complexity index is 974. The second-order valence-electron chi connectivity index (χ2n) is 6.08. The van der Waals surface area contributed by atoms with E-state index < -0.39 is 18.6 Å². The van der Waals surface area contributed by atoms with E-state index in [0.29, 0.717) is 10.8 Å². The largest absolute Gasteiger partial charge is 0.405 e. The Hall–Kier alpha value is -3.07. The van der Waals surface area contributed by atoms with Crippen molar-refractivity contribution in [3.8, 4) is 11.4 Å². The number of nitrogens with one attached hydrogen (secondary N) is 2. The second kappa shape index (κ2) is 8.95. The van der Waals surface area contributed by atoms with Crippen molar-refractivity contribution >= 4 is 28.9 Å². The predicted octanol–water partition coefficient (Wildman–Crippen LogP) is 4.94. The number of hydrogen-bond donors (Lipinski definition) is 2. The monoisotopic (exact) mass is 424 g/mol. The number of carbonyl (C=O) groups excluding carboxylic acids is 1. The minimum absolute atomic E-state index is 0.0237. The number of amides is 1. The van der Waals surface area contributed by atoms with E-state index in [1.54, 1.807) is 36.4 Å². The second-order valence-corrected chi connectivity index (χ2v) is 6.52. The molecule has 3 aromatic rings. The highest BCUT2D eigenvalue weighted by atomic mass is 35.5. The van der Waals surface area contributed by atoms with E-state index >= 15 is 0 Å². The van der Waals surface area contributed by atoms with Gasteiger partial charge in [-0.15, -0.1) is 0 Å². The van der Waals surface area contributed by atoms with Gasteiger partial charge in [-0.05, 0) is 36.4 Å². The SMILES string of the molecule is O=C(CCc1nc(-c2ccc(Cl)cc2)no1)Nc1ccccc1NCC(F)(F)F. The summed E-state index contributed by atoms with van der Waals surface area (Å²) in [6, 6.07) is 13.0. The number of anilines is 2. The Balaban J connectivity index is 1.56. The highest BCUT2D eigenvalue weighted by Gasteiger charge is 2.27. The molecule has 3 rings (SSSR count). The van der Waals surface area contributed by atoms with Gasteiger partial charge in [-0.25, -0.2) is 0 Å². The third-order valence-electron chi connectivity index (χ3n) is 3.82. The summed E-state index contributed by atoms with van der Waals surface area (Å²) in [7, 11) is 0. The fourth-order valence-electron chi connectivity index (χ4n) is 2.45. The topological polar surface area (TPSA) is 80.0 Å². The maximum Gasteiger partial charge on any atom is 0.405 e. The van der Waals surface area contributed by atoms with Crippen LogP contribution in [-0.4, -0.2) is 28.8 Å². The van der Waals surface area contributed by atoms with Crippen LogP contribution < -0.4 is 10.6 Å². The number of alkyl halides is 3. The smallest absolute Gasteiger partial charge is 0.375 e. The molecule has 2 aromatic carbocycles. The predicted molar refractivity (Wildman–Crippen MR) is 103 cm³/mol. The molecule has 2 N–H and O–H groups in total. The Morgan fingerprint density at radius 3 is 2.45 bits per heavy atom. The number of nitrogens with zero attached hydrogens (tertiary/aromatic N) is 2. The summed E-state index contributed by atoms with van der Waals surface area (Å²) in [5.41, 5.74) is 1.16. The molecule has 0 aliphatic rings. The van der Waals surface area contributed by atoms with Crippen molar-refractivity contribution in [2.75, 3.05) is 17.2 Å². The van der Waals surface area contributed by atoms with Crippen LogP contribution in [-0.2, 0) is 11.2 Å². The van der Waals surface area contributed by atoms with Crippen LogP contribution in [0.4, 0.5) is 24.5 Å². The molecule has 0 spiro atoms. The van der Waals surface area contributed by atoms with Crippen LogP contribution in [0.15, 0.2) is 53.1 Å². The lowest BCUT2D eigenvalue weighted by Gasteiger charge is -2.14. The van der Waals surface area contributed by atoms with Crippen LogP contribution in [0, 0.1) is 0 Å². The molecular formula is C19H16ClF3N4O2. The summed E-state index contributed by atoms with van der Waals surface area (Å²) < 4.78 is 42.4. The molecule has 1 aromatic heterocycles. The van der Waals surface area contributed by atoms with Crippen LogP contribution in [0.3, 0.4) is 0 Å². The molecule has 6 nitrogen and oxygen atoms in total. The van der Waals surface area contributed by atoms with Crippen molar-refractivity contribution in [3.05, 3.63) is 59.4 Å². The van der Waals surface area contributed by atoms with Crippen LogP contribution in [0.25, 0.3) is 11.4 Å². The van der Waals surface area contributed by atoms with E-state index in [1.807, 2.05) is 0 Å². The van der Waals surface area contributed by atoms with Gasteiger partial charge in [0.25, 0.3) is 0 Å². The third-order valence-corrected chi connectivity index (χ3v) is 4.07. The van der Waals surface area contributed by atoms with Gasteiger partial charge >= 0.3 is 6.18 Å². The molecule has 1 heterocycles. The average molecular weight is 425 g/mol. The van der Waals surface area contributed by atoms with Gasteiger partial charge < -0.3 is 15.2 Å². The highest BCUT2D eigenvalue weighted by Crippen LogP contribution is 2.24. The number of rotatable bonds is 7. The quantitative estimate of drug-likeness (QED) is 0.561. The molecule has 1 amide bonds. The van der Waals surface area contributed by atoms with Crippen LogP contribution >= 0.6 is 11.6 Å². The Labute approximate surface area is 169 Å². The number of aromatic nitrogens is 2. The zero-order valence-electron chi connectivity index (χ0n) is 15.0. The molecule has 0 saturated carbocycles. The van der Waals surface area contributed by atoms with E-state index in [1.165, 1.54) is 12.1 Å². The van der Waals surface area contributed by atoms with Crippen molar-refractivity contribution in [2.24, 2.45) is 0 Å². The molecule has 0 unspecified atom stereocenters. The first kappa shape index (κ1) is 20.7. The zero-order valence-corrected chi connectivity index (χ0v) is 15.7. The minimum atomic E-state index is -4.36. The lowest BCUT2D eigenvalue weighted by Crippen LogP contribution is -2.22. The van der Waals surface area contributed by atoms with Gasteiger partial charge in [0.1, 0.15) is 6.54 Å². The lowest BCUT2D eigenvalue weighted by molar-refractivity contribution is -0.116. The minimum Gasteiger partial charge on any atom is -0.375 e. The molecule has 0 bridgehead atoms. The van der Waals surface area contributed by atoms with E-state index in [0.717, 1.165) is 5.56 Å². The van der Waals surface area contributed by atoms with Gasteiger partial charge in [0, 0.05) is 23.4 Å². The van der Waals surface area contributed by atoms with Gasteiger partial charge in [0.15, 0.2) is 0 Å². The number of benzene rings is 2. The molecule has 0 aliphatic heterocycles. The molecular weight excluding hydrogens is 409 g/mol. The maximum absolute atomic E-state index is 12.4. The molecule has 0 atom stereocenters. The molecule has 0 radical (unpaired) electrons. The summed E-state index contributed by atoms with van der Waals surface area (Å²) in [5.74, 6) is 0.254. The normalized spacial score (nSPS) is 11.3. The third kappa shape index (κ3) is 6.21. The first-order valence-electron chi connectivity index (χ1n) is 8.58. The summed E-state index contributed by atoms with van der Waals surface area (Å²) in [5, 5.41) is 9.30. The average Bonchev–Trinajstić information content (AvgIpc) is 3.15. The highest BCUT2D eigenvalue weighted by molar-refractivity contribution is 6.30. The molecule has 0 aliphatic carbocycles. The van der Waals surface area contributed by atoms with E-state index in [2.05, 4.69) is 20.8 Å². The summed E-state index contributed by atoms with van der Waals surface area (Å²) >= 11 is 5.84. The van der Waals surface area contributed by atoms with E-state index in [-0.39, 0.29) is 30.1 Å². The van der Waals surface area contributed by atoms with Gasteiger partial charge in [-0.3, -0.25) is 4.79 Å². The van der Waals surface area contributed by atoms with Gasteiger partial charge in [0.05, 0.1) is 11.4 Å². The van der Waals surface area contributed by atoms with Crippen molar-refractivity contribution in [3.63, 3.8) is 0 Å². The molecule has 0 fully saturated rings. The fraction of sp³-hybridized carbons (Fsp3) is 0.211. The molecule has 0 saturated heterocycles. The number of carbonyl (C=O) groups is 1. The Morgan fingerprint density at radius 2 is 1.76 bits per heavy atom. The van der Waals surface area contributed by atoms with Gasteiger partial charge in [0.2, 0.25) is 17.6 Å². The molecule has 152 valence electrons. The van der Waals surface area contributed by atoms with Crippen LogP contribution in [0.1, 0.15) is 12.3 Å². The van der Waals surface area contributed by atoms with E-state index in [9.17, 15) is 18.0 Å². The van der Waals surface area contributed by atoms with Gasteiger partial charge in [-0.1, -0.05) is 28.9 Å². The molecule has 10 heteroatoms. The van der Waals surface area contributed by atoms with Gasteiger partial charge in [-0.2, -0.15) is 18.2 Å². The zero-order chi connectivity index (χ0) is 20.9. The number of halogens is 4. The fourth-order valence-corrected chi connectivity index (χ4v) is 2.57. The summed E-state index contributed by atoms with van der Waals surface area (Å²) in [4.78, 5) is 16.4. The van der Waals surface area contributed by atoms with Crippen LogP contribution in [0.2, 0.25) is 5.02 Å². The number of hydrogen-bond acceptors (Lipinski definition) is 5. The maximum atomic E-state index is 12.4. The summed E-state index contributed by atoms with van der Waals surface area (Å²) in [6.45, 7) is -1.20. The van der Waals surface area contributed by atoms with Crippen molar-refractivity contribution in [1.82, 2.24) is 10.1 Å². The van der Waals surface area contributed by atoms with Crippen molar-refractivity contribution in [2.45, 2.75) is 19.0 Å². The first-order chi connectivity index (χ1) is 13.8. The Kier molecular flexibility index (Phi) is 6.38. The van der Waals surface area contributed by atoms with Crippen molar-refractivity contribution < 1.29 is 22.5 Å². The van der Waals surface area contributed by atoms with Crippen LogP contribution in [0.5, 0.6) is 0 Å². The number of para-hydroxylation sites is 2. The lowest BCUT2D eigenvalue weighted by atomic mass is 10.2. The first-order valence-corrected chi connectivity index (χ1v) is 8.96. The van der Waals surface area contributed by atoms with E-state index in [4.69, 9.17) is 16.1 Å². The van der Waals surface area contributed by atoms with Crippen molar-refractivity contribution in [1.29, 1.82) is 0 Å². The standard InChI is InChI=1S/C19H16ClF3N4O2/c20-13-7-5-12(6-8-13)18-26-17(29-27-18)10-9-16(28)25-15-4-2-1-3-14(15)24-11-19(21,22)23/h1-8,24H,9-11H2,(H,25,28). The summed E-state index contributed by atoms with van der Waals surface area (Å²) in [6.07, 6.45) is -4.16. The Morgan fingerprint density at radius 1 is 1.07 bits per heavy atom. The number of aryl methyl sites for hydroxylation is 1. The molecule has 29 heavy (non-hydrogen) atoms.